The first-order chi connectivity index (χ1) is 11.0. The number of rotatable bonds is 2. The quantitative estimate of drug-likeness (QED) is 0.770. The summed E-state index contributed by atoms with van der Waals surface area (Å²) in [7, 11) is 0. The Labute approximate surface area is 142 Å². The third-order valence-electron chi connectivity index (χ3n) is 6.98. The highest BCUT2D eigenvalue weighted by atomic mass is 16.2. The number of nitrogens with zero attached hydrogens (tertiary/aromatic N) is 2. The molecule has 1 aliphatic carbocycles. The summed E-state index contributed by atoms with van der Waals surface area (Å²) in [6.07, 6.45) is 10.9. The van der Waals surface area contributed by atoms with Crippen LogP contribution in [0, 0.1) is 17.3 Å². The van der Waals surface area contributed by atoms with Gasteiger partial charge in [0.1, 0.15) is 0 Å². The normalized spacial score (nSPS) is 27.7. The second-order valence-electron chi connectivity index (χ2n) is 8.93. The zero-order valence-corrected chi connectivity index (χ0v) is 15.5. The summed E-state index contributed by atoms with van der Waals surface area (Å²) in [5, 5.41) is 0. The van der Waals surface area contributed by atoms with Crippen molar-refractivity contribution in [2.45, 2.75) is 78.2 Å². The monoisotopic (exact) mass is 320 g/mol. The smallest absolute Gasteiger partial charge is 0.225 e. The summed E-state index contributed by atoms with van der Waals surface area (Å²) >= 11 is 0. The molecule has 2 aliphatic heterocycles. The Balaban J connectivity index is 1.47. The molecule has 0 aromatic heterocycles. The molecule has 3 heteroatoms. The van der Waals surface area contributed by atoms with Crippen LogP contribution in [-0.2, 0) is 4.79 Å². The van der Waals surface area contributed by atoms with Crippen molar-refractivity contribution in [1.82, 2.24) is 9.80 Å². The fraction of sp³-hybridized carbons (Fsp3) is 0.950. The Morgan fingerprint density at radius 2 is 1.48 bits per heavy atom. The lowest BCUT2D eigenvalue weighted by atomic mass is 9.66. The van der Waals surface area contributed by atoms with Gasteiger partial charge in [0, 0.05) is 25.0 Å². The minimum atomic E-state index is 0.154. The van der Waals surface area contributed by atoms with E-state index in [2.05, 4.69) is 16.7 Å². The molecule has 3 nitrogen and oxygen atoms in total. The Kier molecular flexibility index (Phi) is 5.35. The van der Waals surface area contributed by atoms with Crippen molar-refractivity contribution < 1.29 is 4.79 Å². The largest absolute Gasteiger partial charge is 0.342 e. The van der Waals surface area contributed by atoms with E-state index in [-0.39, 0.29) is 5.92 Å². The molecule has 132 valence electrons. The van der Waals surface area contributed by atoms with Crippen LogP contribution in [0.25, 0.3) is 0 Å². The first-order valence-electron chi connectivity index (χ1n) is 10.0. The molecule has 3 rings (SSSR count). The van der Waals surface area contributed by atoms with E-state index in [0.29, 0.717) is 11.3 Å². The standard InChI is InChI=1S/C20H36N2O/c1-16(2)19(23)22-14-10-20(11-15-22)8-4-18(5-9-20)21-12-6-17(3)7-13-21/h16-18H,4-15H2,1-3H3. The lowest BCUT2D eigenvalue weighted by Gasteiger charge is -2.48. The summed E-state index contributed by atoms with van der Waals surface area (Å²) < 4.78 is 0. The van der Waals surface area contributed by atoms with Crippen molar-refractivity contribution in [1.29, 1.82) is 0 Å². The molecule has 23 heavy (non-hydrogen) atoms. The maximum atomic E-state index is 12.2. The molecular weight excluding hydrogens is 284 g/mol. The highest BCUT2D eigenvalue weighted by Crippen LogP contribution is 2.46. The van der Waals surface area contributed by atoms with Gasteiger partial charge in [-0.05, 0) is 75.8 Å². The number of likely N-dealkylation sites (tertiary alicyclic amines) is 2. The molecule has 2 heterocycles. The molecule has 1 saturated carbocycles. The number of hydrogen-bond donors (Lipinski definition) is 0. The van der Waals surface area contributed by atoms with Crippen molar-refractivity contribution in [2.24, 2.45) is 17.3 Å². The number of hydrogen-bond acceptors (Lipinski definition) is 2. The average Bonchev–Trinajstić information content (AvgIpc) is 2.56. The van der Waals surface area contributed by atoms with Gasteiger partial charge in [0.15, 0.2) is 0 Å². The van der Waals surface area contributed by atoms with Crippen molar-refractivity contribution in [3.05, 3.63) is 0 Å². The van der Waals surface area contributed by atoms with E-state index in [0.717, 1.165) is 25.0 Å². The van der Waals surface area contributed by atoms with Crippen molar-refractivity contribution in [3.63, 3.8) is 0 Å². The first kappa shape index (κ1) is 17.3. The number of piperidine rings is 2. The summed E-state index contributed by atoms with van der Waals surface area (Å²) in [4.78, 5) is 17.1. The Hall–Kier alpha value is -0.570. The van der Waals surface area contributed by atoms with Gasteiger partial charge >= 0.3 is 0 Å². The van der Waals surface area contributed by atoms with Gasteiger partial charge in [-0.15, -0.1) is 0 Å². The lowest BCUT2D eigenvalue weighted by Crippen LogP contribution is -2.49. The molecule has 3 fully saturated rings. The molecule has 0 N–H and O–H groups in total. The second kappa shape index (κ2) is 7.13. The molecule has 1 spiro atoms. The lowest BCUT2D eigenvalue weighted by molar-refractivity contribution is -0.137. The molecule has 0 aromatic carbocycles. The van der Waals surface area contributed by atoms with Gasteiger partial charge in [0.05, 0.1) is 0 Å². The van der Waals surface area contributed by atoms with Crippen LogP contribution in [0.5, 0.6) is 0 Å². The highest BCUT2D eigenvalue weighted by molar-refractivity contribution is 5.78. The highest BCUT2D eigenvalue weighted by Gasteiger charge is 2.40. The van der Waals surface area contributed by atoms with Gasteiger partial charge in [0.25, 0.3) is 0 Å². The van der Waals surface area contributed by atoms with Gasteiger partial charge in [-0.1, -0.05) is 20.8 Å². The fourth-order valence-electron chi connectivity index (χ4n) is 5.04. The van der Waals surface area contributed by atoms with Crippen LogP contribution in [0.4, 0.5) is 0 Å². The van der Waals surface area contributed by atoms with E-state index in [4.69, 9.17) is 0 Å². The zero-order valence-electron chi connectivity index (χ0n) is 15.5. The summed E-state index contributed by atoms with van der Waals surface area (Å²) in [6, 6.07) is 0.850. The van der Waals surface area contributed by atoms with Crippen LogP contribution < -0.4 is 0 Å². The second-order valence-corrected chi connectivity index (χ2v) is 8.93. The van der Waals surface area contributed by atoms with Gasteiger partial charge in [-0.25, -0.2) is 0 Å². The predicted molar refractivity (Wildman–Crippen MR) is 95.3 cm³/mol. The van der Waals surface area contributed by atoms with Crippen molar-refractivity contribution in [3.8, 4) is 0 Å². The summed E-state index contributed by atoms with van der Waals surface area (Å²) in [6.45, 7) is 11.1. The SMILES string of the molecule is CC1CCN(C2CCC3(CC2)CCN(C(=O)C(C)C)CC3)CC1. The molecule has 0 unspecified atom stereocenters. The third kappa shape index (κ3) is 3.92. The van der Waals surface area contributed by atoms with Crippen LogP contribution in [0.2, 0.25) is 0 Å². The predicted octanol–water partition coefficient (Wildman–Crippen LogP) is 3.93. The number of carbonyl (C=O) groups is 1. The number of amides is 1. The van der Waals surface area contributed by atoms with E-state index < -0.39 is 0 Å². The third-order valence-corrected chi connectivity index (χ3v) is 6.98. The van der Waals surface area contributed by atoms with E-state index in [1.807, 2.05) is 13.8 Å². The molecule has 0 atom stereocenters. The summed E-state index contributed by atoms with van der Waals surface area (Å²) in [5.41, 5.74) is 0.563. The van der Waals surface area contributed by atoms with Crippen LogP contribution in [0.1, 0.15) is 72.1 Å². The molecule has 0 radical (unpaired) electrons. The summed E-state index contributed by atoms with van der Waals surface area (Å²) in [5.74, 6) is 1.45. The Morgan fingerprint density at radius 1 is 0.913 bits per heavy atom. The molecular formula is C20H36N2O. The molecule has 0 aromatic rings. The van der Waals surface area contributed by atoms with Gasteiger partial charge in [0.2, 0.25) is 5.91 Å². The van der Waals surface area contributed by atoms with Crippen molar-refractivity contribution in [2.75, 3.05) is 26.2 Å². The minimum Gasteiger partial charge on any atom is -0.342 e. The minimum absolute atomic E-state index is 0.154. The maximum absolute atomic E-state index is 12.2. The van der Waals surface area contributed by atoms with E-state index in [9.17, 15) is 4.79 Å². The van der Waals surface area contributed by atoms with Gasteiger partial charge in [-0.2, -0.15) is 0 Å². The Bertz CT molecular complexity index is 394. The molecule has 3 aliphatic rings. The fourth-order valence-corrected chi connectivity index (χ4v) is 5.04. The van der Waals surface area contributed by atoms with Gasteiger partial charge in [-0.3, -0.25) is 4.79 Å². The molecule has 0 bridgehead atoms. The molecule has 1 amide bonds. The zero-order chi connectivity index (χ0) is 16.4. The van der Waals surface area contributed by atoms with Crippen LogP contribution in [-0.4, -0.2) is 47.9 Å². The first-order valence-corrected chi connectivity index (χ1v) is 10.0. The van der Waals surface area contributed by atoms with E-state index in [1.165, 1.54) is 64.5 Å². The van der Waals surface area contributed by atoms with E-state index in [1.54, 1.807) is 0 Å². The van der Waals surface area contributed by atoms with Crippen LogP contribution >= 0.6 is 0 Å². The number of carbonyl (C=O) groups excluding carboxylic acids is 1. The Morgan fingerprint density at radius 3 is 2.00 bits per heavy atom. The van der Waals surface area contributed by atoms with E-state index >= 15 is 0 Å². The molecule has 2 saturated heterocycles. The van der Waals surface area contributed by atoms with Crippen molar-refractivity contribution >= 4 is 5.91 Å². The maximum Gasteiger partial charge on any atom is 0.225 e. The van der Waals surface area contributed by atoms with Crippen LogP contribution in [0.3, 0.4) is 0 Å². The average molecular weight is 321 g/mol. The topological polar surface area (TPSA) is 23.6 Å². The van der Waals surface area contributed by atoms with Gasteiger partial charge < -0.3 is 9.80 Å². The van der Waals surface area contributed by atoms with Crippen LogP contribution in [0.15, 0.2) is 0 Å².